The Morgan fingerprint density at radius 2 is 1.85 bits per heavy atom. The molecule has 8 nitrogen and oxygen atoms in total. The number of carbonyl (C=O) groups excluding carboxylic acids is 4. The first-order valence-corrected chi connectivity index (χ1v) is 11.7. The topological polar surface area (TPSA) is 144 Å². The first-order valence-electron chi connectivity index (χ1n) is 11.7. The van der Waals surface area contributed by atoms with E-state index in [9.17, 15) is 34.5 Å². The number of carboxylic acids is 2. The van der Waals surface area contributed by atoms with Crippen molar-refractivity contribution in [1.29, 1.82) is 0 Å². The number of ketones is 1. The number of esters is 1. The second kappa shape index (κ2) is 13.3. The highest BCUT2D eigenvalue weighted by molar-refractivity contribution is 6.12. The molecule has 0 radical (unpaired) electrons. The van der Waals surface area contributed by atoms with Crippen molar-refractivity contribution in [2.75, 3.05) is 6.61 Å². The zero-order chi connectivity index (χ0) is 25.1. The Hall–Kier alpha value is -2.48. The van der Waals surface area contributed by atoms with Gasteiger partial charge in [0, 0.05) is 6.42 Å². The van der Waals surface area contributed by atoms with Gasteiger partial charge in [-0.25, -0.2) is 0 Å². The summed E-state index contributed by atoms with van der Waals surface area (Å²) in [4.78, 5) is 48.0. The lowest BCUT2D eigenvalue weighted by molar-refractivity contribution is -0.318. The molecule has 1 rings (SSSR count). The second-order valence-electron chi connectivity index (χ2n) is 8.86. The van der Waals surface area contributed by atoms with Gasteiger partial charge in [-0.1, -0.05) is 50.5 Å². The number of hydrogen-bond acceptors (Lipinski definition) is 8. The van der Waals surface area contributed by atoms with Crippen LogP contribution in [0.2, 0.25) is 0 Å². The van der Waals surface area contributed by atoms with Crippen molar-refractivity contribution in [2.24, 2.45) is 17.3 Å². The summed E-state index contributed by atoms with van der Waals surface area (Å²) in [7, 11) is 0. The maximum atomic E-state index is 12.9. The average molecular weight is 465 g/mol. The summed E-state index contributed by atoms with van der Waals surface area (Å²) in [5.41, 5.74) is -3.23. The summed E-state index contributed by atoms with van der Waals surface area (Å²) in [5.74, 6) is -6.99. The summed E-state index contributed by atoms with van der Waals surface area (Å²) < 4.78 is 4.83. The zero-order valence-electron chi connectivity index (χ0n) is 19.8. The smallest absolute Gasteiger partial charge is 0.306 e. The molecule has 1 aliphatic carbocycles. The molecule has 0 aromatic carbocycles. The Morgan fingerprint density at radius 1 is 1.18 bits per heavy atom. The summed E-state index contributed by atoms with van der Waals surface area (Å²) in [6, 6.07) is 0. The van der Waals surface area contributed by atoms with Crippen LogP contribution >= 0.6 is 0 Å². The van der Waals surface area contributed by atoms with Crippen LogP contribution in [0.3, 0.4) is 0 Å². The van der Waals surface area contributed by atoms with Crippen molar-refractivity contribution >= 4 is 23.7 Å². The van der Waals surface area contributed by atoms with Crippen molar-refractivity contribution in [3.63, 3.8) is 0 Å². The van der Waals surface area contributed by atoms with Crippen LogP contribution in [0.25, 0.3) is 0 Å². The molecular formula is C25H36O8-2. The molecule has 0 heterocycles. The van der Waals surface area contributed by atoms with E-state index in [0.29, 0.717) is 19.4 Å². The molecule has 0 amide bonds. The SMILES string of the molecule is CCCCCC(C)(O)/C=C/C1CC(C(=O)[O-])C(=O)C1(CC/C=C/CCC(=O)OCC)C(=O)[O-]. The second-order valence-corrected chi connectivity index (χ2v) is 8.86. The number of aliphatic hydroxyl groups is 1. The van der Waals surface area contributed by atoms with Crippen LogP contribution in [-0.2, 0) is 23.9 Å². The van der Waals surface area contributed by atoms with E-state index in [-0.39, 0.29) is 31.7 Å². The molecule has 8 heteroatoms. The summed E-state index contributed by atoms with van der Waals surface area (Å²) in [5, 5.41) is 34.3. The number of hydrogen-bond donors (Lipinski definition) is 1. The Morgan fingerprint density at radius 3 is 2.42 bits per heavy atom. The van der Waals surface area contributed by atoms with Crippen LogP contribution in [-0.4, -0.2) is 41.0 Å². The molecule has 33 heavy (non-hydrogen) atoms. The molecular weight excluding hydrogens is 428 g/mol. The quantitative estimate of drug-likeness (QED) is 0.165. The van der Waals surface area contributed by atoms with Gasteiger partial charge in [0.2, 0.25) is 0 Å². The van der Waals surface area contributed by atoms with E-state index < -0.39 is 40.6 Å². The van der Waals surface area contributed by atoms with Crippen LogP contribution < -0.4 is 10.2 Å². The molecule has 1 fully saturated rings. The highest BCUT2D eigenvalue weighted by atomic mass is 16.5. The Kier molecular flexibility index (Phi) is 11.5. The predicted octanol–water partition coefficient (Wildman–Crippen LogP) is 1.25. The normalized spacial score (nSPS) is 24.9. The molecule has 1 saturated carbocycles. The van der Waals surface area contributed by atoms with E-state index in [2.05, 4.69) is 0 Å². The Bertz CT molecular complexity index is 752. The molecule has 0 bridgehead atoms. The number of carbonyl (C=O) groups is 4. The van der Waals surface area contributed by atoms with Crippen molar-refractivity contribution in [1.82, 2.24) is 0 Å². The number of aliphatic carboxylic acids is 2. The standard InChI is InChI=1S/C25H38O8/c1-4-6-10-14-24(3,32)16-13-18-17-19(22(28)29)21(27)25(18,23(30)31)15-11-8-7-9-12-20(26)33-5-2/h7-8,13,16,18-19,32H,4-6,9-12,14-15,17H2,1-3H3,(H,28,29)(H,30,31)/p-2/b8-7+,16-13+. The molecule has 1 aliphatic rings. The number of carboxylic acid groups (broad SMARTS) is 2. The van der Waals surface area contributed by atoms with Crippen LogP contribution in [0.5, 0.6) is 0 Å². The molecule has 0 saturated heterocycles. The van der Waals surface area contributed by atoms with E-state index in [1.807, 2.05) is 6.92 Å². The Balaban J connectivity index is 3.01. The van der Waals surface area contributed by atoms with Crippen molar-refractivity contribution in [2.45, 2.75) is 84.2 Å². The Labute approximate surface area is 195 Å². The van der Waals surface area contributed by atoms with Crippen molar-refractivity contribution in [3.8, 4) is 0 Å². The number of unbranched alkanes of at least 4 members (excludes halogenated alkanes) is 2. The van der Waals surface area contributed by atoms with E-state index in [1.165, 1.54) is 12.2 Å². The van der Waals surface area contributed by atoms with Gasteiger partial charge < -0.3 is 29.6 Å². The fourth-order valence-electron chi connectivity index (χ4n) is 4.29. The third-order valence-electron chi connectivity index (χ3n) is 6.19. The summed E-state index contributed by atoms with van der Waals surface area (Å²) in [6.45, 7) is 5.63. The first-order chi connectivity index (χ1) is 15.5. The highest BCUT2D eigenvalue weighted by Gasteiger charge is 2.54. The van der Waals surface area contributed by atoms with Gasteiger partial charge in [-0.05, 0) is 51.9 Å². The van der Waals surface area contributed by atoms with E-state index in [1.54, 1.807) is 26.0 Å². The van der Waals surface area contributed by atoms with E-state index >= 15 is 0 Å². The monoisotopic (exact) mass is 464 g/mol. The first kappa shape index (κ1) is 28.6. The largest absolute Gasteiger partial charge is 0.549 e. The zero-order valence-corrected chi connectivity index (χ0v) is 19.8. The molecule has 4 atom stereocenters. The van der Waals surface area contributed by atoms with Gasteiger partial charge in [-0.2, -0.15) is 0 Å². The third-order valence-corrected chi connectivity index (χ3v) is 6.19. The number of rotatable bonds is 15. The van der Waals surface area contributed by atoms with Gasteiger partial charge >= 0.3 is 5.97 Å². The van der Waals surface area contributed by atoms with Gasteiger partial charge in [0.25, 0.3) is 0 Å². The lowest BCUT2D eigenvalue weighted by Gasteiger charge is -2.34. The van der Waals surface area contributed by atoms with Crippen LogP contribution in [0, 0.1) is 17.3 Å². The fourth-order valence-corrected chi connectivity index (χ4v) is 4.29. The molecule has 4 unspecified atom stereocenters. The van der Waals surface area contributed by atoms with Crippen LogP contribution in [0.15, 0.2) is 24.3 Å². The van der Waals surface area contributed by atoms with Gasteiger partial charge in [0.1, 0.15) is 0 Å². The molecule has 0 aromatic rings. The maximum Gasteiger partial charge on any atom is 0.306 e. The molecule has 0 aromatic heterocycles. The highest BCUT2D eigenvalue weighted by Crippen LogP contribution is 2.47. The summed E-state index contributed by atoms with van der Waals surface area (Å²) >= 11 is 0. The maximum absolute atomic E-state index is 12.9. The van der Waals surface area contributed by atoms with Gasteiger partial charge in [-0.15, -0.1) is 0 Å². The van der Waals surface area contributed by atoms with E-state index in [4.69, 9.17) is 4.74 Å². The lowest BCUT2D eigenvalue weighted by atomic mass is 9.72. The summed E-state index contributed by atoms with van der Waals surface area (Å²) in [6.07, 6.45) is 9.81. The third kappa shape index (κ3) is 8.11. The minimum atomic E-state index is -2.02. The van der Waals surface area contributed by atoms with Crippen LogP contribution in [0.1, 0.15) is 78.6 Å². The number of allylic oxidation sites excluding steroid dienone is 3. The molecule has 186 valence electrons. The van der Waals surface area contributed by atoms with Gasteiger partial charge in [-0.3, -0.25) is 9.59 Å². The lowest BCUT2D eigenvalue weighted by Crippen LogP contribution is -2.50. The van der Waals surface area contributed by atoms with E-state index in [0.717, 1.165) is 19.3 Å². The van der Waals surface area contributed by atoms with Crippen molar-refractivity contribution in [3.05, 3.63) is 24.3 Å². The molecule has 0 aliphatic heterocycles. The van der Waals surface area contributed by atoms with Gasteiger partial charge in [0.15, 0.2) is 5.78 Å². The average Bonchev–Trinajstić information content (AvgIpc) is 3.02. The predicted molar refractivity (Wildman–Crippen MR) is 117 cm³/mol. The van der Waals surface area contributed by atoms with Gasteiger partial charge in [0.05, 0.1) is 35.5 Å². The molecule has 1 N–H and O–H groups in total. The minimum absolute atomic E-state index is 0.152. The molecule has 0 spiro atoms. The van der Waals surface area contributed by atoms with Crippen LogP contribution in [0.4, 0.5) is 0 Å². The minimum Gasteiger partial charge on any atom is -0.549 e. The number of ether oxygens (including phenoxy) is 1. The van der Waals surface area contributed by atoms with Crippen molar-refractivity contribution < 1.29 is 39.2 Å². The number of Topliss-reactive ketones (excluding diaryl/α,β-unsaturated/α-hetero) is 1. The fraction of sp³-hybridized carbons (Fsp3) is 0.680.